The Balaban J connectivity index is -0.0000000408. The average molecular weight is 1060 g/mol. The second kappa shape index (κ2) is 56.3. The van der Waals surface area contributed by atoms with Crippen LogP contribution >= 0.6 is 7.49 Å². The molecule has 0 aromatic carbocycles. The third-order valence-corrected chi connectivity index (χ3v) is 8.52. The fourth-order valence-electron chi connectivity index (χ4n) is 2.12. The van der Waals surface area contributed by atoms with Crippen LogP contribution in [0.5, 0.6) is 0 Å². The van der Waals surface area contributed by atoms with Gasteiger partial charge in [-0.2, -0.15) is 27.7 Å². The van der Waals surface area contributed by atoms with E-state index in [4.69, 9.17) is 15.4 Å². The van der Waals surface area contributed by atoms with E-state index in [2.05, 4.69) is 148 Å². The normalized spacial score (nSPS) is 9.70. The van der Waals surface area contributed by atoms with Gasteiger partial charge in [-0.25, -0.2) is 4.52 Å². The molecule has 0 spiro atoms. The van der Waals surface area contributed by atoms with Gasteiger partial charge in [0, 0.05) is 63.1 Å². The first-order valence-corrected chi connectivity index (χ1v) is 29.3. The molecule has 8 heteroatoms. The van der Waals surface area contributed by atoms with Crippen molar-refractivity contribution in [2.75, 3.05) is 20.0 Å². The molecule has 0 saturated carbocycles. The Morgan fingerprint density at radius 2 is 1.00 bits per heavy atom. The standard InChI is InChI=1S/C6H16OP.C6H16OSi.C6H14.C5H9Si.C5H12.C4H11Si.2C3H7.2W/c2*1-6(2)7-8(3,4)5;2*1-4-5-6(2)3;2*1-4-5(2)3;2*1-3-2;;/h2*6H,1-5H3;6H,4-5H2,1-3H3;1H,5H2,2-3H3;5H,4H2,1-3H3;4H2,1-3H3;2*3H,1-2H3;;/q+1;;;;;;2*-1;;. The minimum absolute atomic E-state index is 0. The second-order valence-electron chi connectivity index (χ2n) is 14.6. The van der Waals surface area contributed by atoms with E-state index in [0.29, 0.717) is 12.2 Å². The Labute approximate surface area is 332 Å². The van der Waals surface area contributed by atoms with Crippen LogP contribution in [0.25, 0.3) is 0 Å². The van der Waals surface area contributed by atoms with Crippen LogP contribution < -0.4 is 0 Å². The minimum atomic E-state index is -1.22. The summed E-state index contributed by atoms with van der Waals surface area (Å²) in [6, 6.07) is 2.41. The van der Waals surface area contributed by atoms with E-state index < -0.39 is 15.8 Å². The Morgan fingerprint density at radius 1 is 0.696 bits per heavy atom. The molecule has 0 unspecified atom stereocenters. The summed E-state index contributed by atoms with van der Waals surface area (Å²) in [7, 11) is -2.19. The molecule has 46 heavy (non-hydrogen) atoms. The van der Waals surface area contributed by atoms with Gasteiger partial charge in [-0.1, -0.05) is 100.0 Å². The molecule has 0 aromatic rings. The summed E-state index contributed by atoms with van der Waals surface area (Å²) in [5, 5.41) is 0. The number of terminal acetylenes is 1. The van der Waals surface area contributed by atoms with Crippen molar-refractivity contribution in [3.05, 3.63) is 12.8 Å². The smallest absolute Gasteiger partial charge is 0.184 e. The molecule has 0 aliphatic heterocycles. The third-order valence-electron chi connectivity index (χ3n) is 3.96. The van der Waals surface area contributed by atoms with Crippen LogP contribution in [-0.2, 0) is 51.1 Å². The van der Waals surface area contributed by atoms with Crippen LogP contribution in [0.15, 0.2) is 0 Å². The largest absolute Gasteiger partial charge is 0.415 e. The monoisotopic (exact) mass is 1060 g/mol. The van der Waals surface area contributed by atoms with Gasteiger partial charge in [-0.3, -0.25) is 0 Å². The predicted octanol–water partition coefficient (Wildman–Crippen LogP) is 14.6. The molecule has 0 rings (SSSR count). The van der Waals surface area contributed by atoms with Gasteiger partial charge in [-0.05, 0) is 59.2 Å². The number of rotatable bonds is 9. The van der Waals surface area contributed by atoms with Gasteiger partial charge < -0.3 is 17.3 Å². The van der Waals surface area contributed by atoms with Crippen LogP contribution in [0.2, 0.25) is 57.9 Å². The Kier molecular flexibility index (Phi) is 89.8. The van der Waals surface area contributed by atoms with Gasteiger partial charge in [0.2, 0.25) is 0 Å². The molecule has 0 saturated heterocycles. The zero-order valence-electron chi connectivity index (χ0n) is 36.7. The molecule has 0 aromatic heterocycles. The quantitative estimate of drug-likeness (QED) is 0.0992. The molecule has 0 aliphatic carbocycles. The van der Waals surface area contributed by atoms with Gasteiger partial charge in [-0.15, -0.1) is 12.3 Å². The first-order valence-electron chi connectivity index (χ1n) is 17.4. The Hall–Kier alpha value is 1.94. The van der Waals surface area contributed by atoms with E-state index in [-0.39, 0.29) is 59.7 Å². The number of hydrogen-bond donors (Lipinski definition) is 0. The zero-order chi connectivity index (χ0) is 37.5. The molecular formula is C38H92O2PSi3W2-. The summed E-state index contributed by atoms with van der Waals surface area (Å²) < 4.78 is 11.1. The summed E-state index contributed by atoms with van der Waals surface area (Å²) in [6.07, 6.45) is 13.8. The molecule has 0 atom stereocenters. The van der Waals surface area contributed by atoms with Crippen LogP contribution in [0.4, 0.5) is 0 Å². The SMILES string of the molecule is C#CC[Si](C)C.CC(C)O[P+](C)(C)C.CC(C)O[Si](C)(C)C.CCC(C)C.CCCC(C)C.CC[Si](C)C.C[CH-]C.C[CH-]C.[W].[W]. The molecule has 0 amide bonds. The molecule has 286 valence electrons. The maximum atomic E-state index is 5.58. The van der Waals surface area contributed by atoms with Gasteiger partial charge in [0.15, 0.2) is 8.32 Å². The van der Waals surface area contributed by atoms with E-state index in [0.717, 1.165) is 17.9 Å². The topological polar surface area (TPSA) is 18.5 Å². The summed E-state index contributed by atoms with van der Waals surface area (Å²) >= 11 is 0. The summed E-state index contributed by atoms with van der Waals surface area (Å²) in [5.41, 5.74) is 0. The van der Waals surface area contributed by atoms with Gasteiger partial charge in [0.1, 0.15) is 7.49 Å². The van der Waals surface area contributed by atoms with Crippen molar-refractivity contribution < 1.29 is 51.1 Å². The molecule has 0 heterocycles. The van der Waals surface area contributed by atoms with Crippen molar-refractivity contribution in [3.63, 3.8) is 0 Å². The molecule has 2 nitrogen and oxygen atoms in total. The molecule has 0 aliphatic rings. The summed E-state index contributed by atoms with van der Waals surface area (Å²) in [5.74, 6) is 4.39. The predicted molar refractivity (Wildman–Crippen MR) is 226 cm³/mol. The third kappa shape index (κ3) is 193. The fourth-order valence-corrected chi connectivity index (χ4v) is 5.21. The average Bonchev–Trinajstić information content (AvgIpc) is 2.78. The van der Waals surface area contributed by atoms with Crippen molar-refractivity contribution in [1.82, 2.24) is 0 Å². The van der Waals surface area contributed by atoms with Crippen LogP contribution in [0.1, 0.15) is 123 Å². The van der Waals surface area contributed by atoms with E-state index >= 15 is 0 Å². The Bertz CT molecular complexity index is 470. The van der Waals surface area contributed by atoms with Gasteiger partial charge >= 0.3 is 0 Å². The maximum absolute atomic E-state index is 5.58. The second-order valence-corrected chi connectivity index (χ2v) is 28.9. The van der Waals surface area contributed by atoms with Crippen LogP contribution in [0, 0.1) is 37.0 Å². The van der Waals surface area contributed by atoms with E-state index in [9.17, 15) is 0 Å². The zero-order valence-corrected chi connectivity index (χ0v) is 46.4. The fraction of sp³-hybridized carbons (Fsp3) is 0.895. The van der Waals surface area contributed by atoms with Crippen molar-refractivity contribution in [2.45, 2.75) is 193 Å². The first kappa shape index (κ1) is 73.4. The van der Waals surface area contributed by atoms with Crippen molar-refractivity contribution in [2.24, 2.45) is 11.8 Å². The first-order chi connectivity index (χ1) is 19.7. The summed E-state index contributed by atoms with van der Waals surface area (Å²) in [4.78, 5) is 0. The molecule has 2 radical (unpaired) electrons. The van der Waals surface area contributed by atoms with Crippen molar-refractivity contribution in [3.8, 4) is 12.3 Å². The number of hydrogen-bond acceptors (Lipinski definition) is 2. The molecule has 0 bridgehead atoms. The van der Waals surface area contributed by atoms with Gasteiger partial charge in [0.05, 0.1) is 34.9 Å². The van der Waals surface area contributed by atoms with Gasteiger partial charge in [0.25, 0.3) is 0 Å². The molecule has 0 N–H and O–H groups in total. The van der Waals surface area contributed by atoms with Crippen molar-refractivity contribution >= 4 is 33.4 Å². The van der Waals surface area contributed by atoms with Crippen LogP contribution in [0.3, 0.4) is 0 Å². The van der Waals surface area contributed by atoms with E-state index in [1.54, 1.807) is 0 Å². The Morgan fingerprint density at radius 3 is 1.00 bits per heavy atom. The molecular weight excluding hydrogens is 971 g/mol. The minimum Gasteiger partial charge on any atom is -0.415 e. The summed E-state index contributed by atoms with van der Waals surface area (Å²) in [6.45, 7) is 54.1. The maximum Gasteiger partial charge on any atom is 0.184 e. The van der Waals surface area contributed by atoms with E-state index in [1.165, 1.54) is 25.3 Å². The van der Waals surface area contributed by atoms with E-state index in [1.807, 2.05) is 40.5 Å². The van der Waals surface area contributed by atoms with Crippen molar-refractivity contribution in [1.29, 1.82) is 0 Å². The van der Waals surface area contributed by atoms with Crippen LogP contribution in [-0.4, -0.2) is 58.1 Å². The molecule has 0 fully saturated rings.